The van der Waals surface area contributed by atoms with Gasteiger partial charge < -0.3 is 24.2 Å². The number of benzene rings is 2. The van der Waals surface area contributed by atoms with Crippen LogP contribution in [0.25, 0.3) is 5.76 Å². The summed E-state index contributed by atoms with van der Waals surface area (Å²) in [5.41, 5.74) is 0.777. The van der Waals surface area contributed by atoms with E-state index in [0.717, 1.165) is 0 Å². The molecule has 1 unspecified atom stereocenters. The number of aliphatic hydroxyl groups is 1. The summed E-state index contributed by atoms with van der Waals surface area (Å²) in [6, 6.07) is 9.08. The van der Waals surface area contributed by atoms with Crippen molar-refractivity contribution in [2.45, 2.75) is 32.9 Å². The first kappa shape index (κ1) is 25.9. The van der Waals surface area contributed by atoms with Crippen LogP contribution >= 0.6 is 23.2 Å². The monoisotopic (exact) mass is 507 g/mol. The van der Waals surface area contributed by atoms with Gasteiger partial charge in [-0.05, 0) is 50.6 Å². The highest BCUT2D eigenvalue weighted by Crippen LogP contribution is 2.42. The van der Waals surface area contributed by atoms with Crippen molar-refractivity contribution in [1.29, 1.82) is 0 Å². The summed E-state index contributed by atoms with van der Waals surface area (Å²) in [6.45, 7) is 6.55. The molecule has 34 heavy (non-hydrogen) atoms. The van der Waals surface area contributed by atoms with E-state index in [-0.39, 0.29) is 51.9 Å². The number of methoxy groups -OCH3 is 1. The molecule has 7 nitrogen and oxygen atoms in total. The molecule has 9 heteroatoms. The van der Waals surface area contributed by atoms with E-state index in [0.29, 0.717) is 17.9 Å². The summed E-state index contributed by atoms with van der Waals surface area (Å²) in [7, 11) is 1.42. The van der Waals surface area contributed by atoms with E-state index in [9.17, 15) is 14.7 Å². The molecule has 2 aromatic carbocycles. The normalized spacial score (nSPS) is 17.5. The molecule has 0 aromatic heterocycles. The third-order valence-electron chi connectivity index (χ3n) is 5.31. The average Bonchev–Trinajstić information content (AvgIpc) is 3.04. The van der Waals surface area contributed by atoms with Crippen LogP contribution in [0.1, 0.15) is 37.9 Å². The van der Waals surface area contributed by atoms with Gasteiger partial charge in [-0.3, -0.25) is 9.59 Å². The molecular formula is C25H27Cl2NO6. The van der Waals surface area contributed by atoms with Gasteiger partial charge in [-0.2, -0.15) is 0 Å². The maximum Gasteiger partial charge on any atom is 0.295 e. The van der Waals surface area contributed by atoms with Crippen molar-refractivity contribution in [3.05, 3.63) is 63.1 Å². The van der Waals surface area contributed by atoms with Gasteiger partial charge in [0.15, 0.2) is 5.75 Å². The van der Waals surface area contributed by atoms with Crippen LogP contribution in [0, 0.1) is 0 Å². The maximum atomic E-state index is 13.1. The van der Waals surface area contributed by atoms with E-state index in [4.69, 9.17) is 37.4 Å². The molecule has 1 heterocycles. The first-order chi connectivity index (χ1) is 16.2. The van der Waals surface area contributed by atoms with Gasteiger partial charge in [0.25, 0.3) is 11.7 Å². The SMILES string of the molecule is CCOc1ccc(C2/C(=C(\O)c3cc(Cl)c(OC)c(Cl)c3)C(=O)C(=O)N2CCOC(C)C)cc1. The molecule has 182 valence electrons. The van der Waals surface area contributed by atoms with Gasteiger partial charge in [-0.1, -0.05) is 35.3 Å². The highest BCUT2D eigenvalue weighted by atomic mass is 35.5. The number of ether oxygens (including phenoxy) is 3. The second-order valence-corrected chi connectivity index (χ2v) is 8.70. The largest absolute Gasteiger partial charge is 0.507 e. The van der Waals surface area contributed by atoms with Crippen LogP contribution < -0.4 is 9.47 Å². The average molecular weight is 508 g/mol. The Hall–Kier alpha value is -2.74. The Bertz CT molecular complexity index is 1070. The Kier molecular flexibility index (Phi) is 8.47. The number of aliphatic hydroxyl groups excluding tert-OH is 1. The summed E-state index contributed by atoms with van der Waals surface area (Å²) in [4.78, 5) is 27.5. The highest BCUT2D eigenvalue weighted by Gasteiger charge is 2.46. The molecule has 1 atom stereocenters. The fraction of sp³-hybridized carbons (Fsp3) is 0.360. The molecule has 0 bridgehead atoms. The number of Topliss-reactive ketones (excluding diaryl/α,β-unsaturated/α-hetero) is 1. The van der Waals surface area contributed by atoms with Crippen molar-refractivity contribution >= 4 is 40.7 Å². The minimum atomic E-state index is -0.828. The maximum absolute atomic E-state index is 13.1. The zero-order valence-electron chi connectivity index (χ0n) is 19.4. The summed E-state index contributed by atoms with van der Waals surface area (Å²) >= 11 is 12.5. The van der Waals surface area contributed by atoms with Crippen molar-refractivity contribution in [1.82, 2.24) is 4.90 Å². The molecular weight excluding hydrogens is 481 g/mol. The molecule has 1 aliphatic heterocycles. The zero-order chi connectivity index (χ0) is 25.0. The van der Waals surface area contributed by atoms with Crippen LogP contribution in [0.2, 0.25) is 10.0 Å². The third kappa shape index (κ3) is 5.32. The van der Waals surface area contributed by atoms with Crippen molar-refractivity contribution in [3.8, 4) is 11.5 Å². The van der Waals surface area contributed by atoms with E-state index in [1.807, 2.05) is 20.8 Å². The van der Waals surface area contributed by atoms with E-state index in [1.165, 1.54) is 24.1 Å². The van der Waals surface area contributed by atoms with E-state index in [1.54, 1.807) is 24.3 Å². The quantitative estimate of drug-likeness (QED) is 0.283. The molecule has 0 spiro atoms. The number of halogens is 2. The first-order valence-corrected chi connectivity index (χ1v) is 11.6. The molecule has 3 rings (SSSR count). The second kappa shape index (κ2) is 11.1. The molecule has 1 fully saturated rings. The number of carbonyl (C=O) groups is 2. The summed E-state index contributed by atoms with van der Waals surface area (Å²) in [5.74, 6) is -1.01. The molecule has 0 saturated carbocycles. The predicted octanol–water partition coefficient (Wildman–Crippen LogP) is 5.25. The van der Waals surface area contributed by atoms with Gasteiger partial charge in [0.1, 0.15) is 11.5 Å². The summed E-state index contributed by atoms with van der Waals surface area (Å²) in [5, 5.41) is 11.5. The molecule has 2 aromatic rings. The van der Waals surface area contributed by atoms with E-state index >= 15 is 0 Å². The summed E-state index contributed by atoms with van der Waals surface area (Å²) < 4.78 is 16.3. The second-order valence-electron chi connectivity index (χ2n) is 7.89. The van der Waals surface area contributed by atoms with Crippen molar-refractivity contribution < 1.29 is 28.9 Å². The van der Waals surface area contributed by atoms with Gasteiger partial charge in [0, 0.05) is 12.1 Å². The Morgan fingerprint density at radius 1 is 1.12 bits per heavy atom. The van der Waals surface area contributed by atoms with Crippen LogP contribution in [-0.2, 0) is 14.3 Å². The molecule has 0 radical (unpaired) electrons. The lowest BCUT2D eigenvalue weighted by Gasteiger charge is -2.26. The summed E-state index contributed by atoms with van der Waals surface area (Å²) in [6.07, 6.45) is -0.0377. The molecule has 1 N–H and O–H groups in total. The first-order valence-electron chi connectivity index (χ1n) is 10.9. The van der Waals surface area contributed by atoms with Crippen molar-refractivity contribution in [2.24, 2.45) is 0 Å². The Morgan fingerprint density at radius 2 is 1.74 bits per heavy atom. The smallest absolute Gasteiger partial charge is 0.295 e. The minimum absolute atomic E-state index is 0.0377. The zero-order valence-corrected chi connectivity index (χ0v) is 20.9. The van der Waals surface area contributed by atoms with E-state index < -0.39 is 17.7 Å². The third-order valence-corrected chi connectivity index (χ3v) is 5.87. The number of amides is 1. The van der Waals surface area contributed by atoms with Crippen LogP contribution in [-0.4, -0.2) is 54.7 Å². The van der Waals surface area contributed by atoms with Gasteiger partial charge in [-0.25, -0.2) is 0 Å². The number of ketones is 1. The van der Waals surface area contributed by atoms with Gasteiger partial charge in [0.2, 0.25) is 0 Å². The molecule has 1 aliphatic rings. The fourth-order valence-electron chi connectivity index (χ4n) is 3.80. The topological polar surface area (TPSA) is 85.3 Å². The number of rotatable bonds is 9. The van der Waals surface area contributed by atoms with Crippen molar-refractivity contribution in [3.63, 3.8) is 0 Å². The van der Waals surface area contributed by atoms with E-state index in [2.05, 4.69) is 0 Å². The van der Waals surface area contributed by atoms with Crippen LogP contribution in [0.4, 0.5) is 0 Å². The number of hydrogen-bond donors (Lipinski definition) is 1. The van der Waals surface area contributed by atoms with Gasteiger partial charge >= 0.3 is 0 Å². The molecule has 1 amide bonds. The van der Waals surface area contributed by atoms with Gasteiger partial charge in [0.05, 0.1) is 48.1 Å². The van der Waals surface area contributed by atoms with Gasteiger partial charge in [-0.15, -0.1) is 0 Å². The Balaban J connectivity index is 2.12. The lowest BCUT2D eigenvalue weighted by molar-refractivity contribution is -0.140. The number of likely N-dealkylation sites (tertiary alicyclic amines) is 1. The van der Waals surface area contributed by atoms with Crippen LogP contribution in [0.15, 0.2) is 42.0 Å². The fourth-order valence-corrected chi connectivity index (χ4v) is 4.45. The Labute approximate surface area is 208 Å². The standard InChI is InChI=1S/C25H27Cl2NO6/c1-5-33-17-8-6-15(7-9-17)21-20(23(30)25(31)28(21)10-11-34-14(2)3)22(29)16-12-18(26)24(32-4)19(27)13-16/h6-9,12-14,21,29H,5,10-11H2,1-4H3/b22-20+. The predicted molar refractivity (Wildman–Crippen MR) is 131 cm³/mol. The van der Waals surface area contributed by atoms with Crippen LogP contribution in [0.3, 0.4) is 0 Å². The minimum Gasteiger partial charge on any atom is -0.507 e. The van der Waals surface area contributed by atoms with Crippen molar-refractivity contribution in [2.75, 3.05) is 26.9 Å². The lowest BCUT2D eigenvalue weighted by atomic mass is 9.95. The number of hydrogen-bond acceptors (Lipinski definition) is 6. The molecule has 1 saturated heterocycles. The highest BCUT2D eigenvalue weighted by molar-refractivity contribution is 6.46. The van der Waals surface area contributed by atoms with Crippen LogP contribution in [0.5, 0.6) is 11.5 Å². The Morgan fingerprint density at radius 3 is 2.26 bits per heavy atom. The lowest BCUT2D eigenvalue weighted by Crippen LogP contribution is -2.33. The number of carbonyl (C=O) groups excluding carboxylic acids is 2. The number of nitrogens with zero attached hydrogens (tertiary/aromatic N) is 1. The molecule has 0 aliphatic carbocycles.